The summed E-state index contributed by atoms with van der Waals surface area (Å²) >= 11 is 0. The number of carbonyl (C=O) groups is 3. The minimum absolute atomic E-state index is 0.102. The zero-order chi connectivity index (χ0) is 25.3. The summed E-state index contributed by atoms with van der Waals surface area (Å²) in [6.07, 6.45) is 4.04. The minimum atomic E-state index is -0.924. The number of nitrogens with one attached hydrogen (secondary N) is 1. The number of Topliss-reactive ketones (excluding diaryl/α,β-unsaturated/α-hetero) is 1. The lowest BCUT2D eigenvalue weighted by Crippen LogP contribution is -2.43. The van der Waals surface area contributed by atoms with Gasteiger partial charge in [-0.1, -0.05) is 25.1 Å². The quantitative estimate of drug-likeness (QED) is 0.470. The number of hydrogen-bond donors (Lipinski definition) is 1. The Morgan fingerprint density at radius 2 is 1.80 bits per heavy atom. The third-order valence-corrected chi connectivity index (χ3v) is 7.13. The molecule has 1 aromatic rings. The highest BCUT2D eigenvalue weighted by Gasteiger charge is 2.48. The fourth-order valence-electron chi connectivity index (χ4n) is 5.56. The van der Waals surface area contributed by atoms with Gasteiger partial charge in [0.05, 0.1) is 24.7 Å². The summed E-state index contributed by atoms with van der Waals surface area (Å²) in [7, 11) is 1.29. The predicted molar refractivity (Wildman–Crippen MR) is 130 cm³/mol. The van der Waals surface area contributed by atoms with Gasteiger partial charge in [0.1, 0.15) is 17.8 Å². The van der Waals surface area contributed by atoms with Gasteiger partial charge in [-0.25, -0.2) is 4.79 Å². The van der Waals surface area contributed by atoms with E-state index in [1.54, 1.807) is 0 Å². The number of hydrogen-bond acceptors (Lipinski definition) is 7. The summed E-state index contributed by atoms with van der Waals surface area (Å²) in [5.74, 6) is -2.57. The van der Waals surface area contributed by atoms with Crippen LogP contribution in [0.25, 0.3) is 0 Å². The van der Waals surface area contributed by atoms with Crippen LogP contribution in [0.2, 0.25) is 0 Å². The van der Waals surface area contributed by atoms with Crippen LogP contribution in [0.5, 0.6) is 5.75 Å². The first-order valence-corrected chi connectivity index (χ1v) is 12.5. The Morgan fingerprint density at radius 1 is 1.11 bits per heavy atom. The van der Waals surface area contributed by atoms with Gasteiger partial charge >= 0.3 is 11.9 Å². The molecule has 1 aliphatic heterocycles. The summed E-state index contributed by atoms with van der Waals surface area (Å²) in [5.41, 5.74) is 2.92. The van der Waals surface area contributed by atoms with Gasteiger partial charge in [0.25, 0.3) is 0 Å². The highest BCUT2D eigenvalue weighted by atomic mass is 16.5. The Hall–Kier alpha value is -3.09. The average Bonchev–Trinajstić information content (AvgIpc) is 3.30. The van der Waals surface area contributed by atoms with Gasteiger partial charge < -0.3 is 19.5 Å². The van der Waals surface area contributed by atoms with Crippen molar-refractivity contribution in [3.63, 3.8) is 0 Å². The molecule has 0 amide bonds. The zero-order valence-electron chi connectivity index (χ0n) is 21.2. The number of carbonyl (C=O) groups excluding carboxylic acids is 3. The molecule has 2 aliphatic carbocycles. The SMILES string of the molecule is COC(=O)[C@H]1C(=O)C2=C(C[C@@H]1C)NC(C)=C(C(=O)OC1CCCC1)[C@@H]2c1ccccc1OC(C)C. The molecule has 0 spiro atoms. The van der Waals surface area contributed by atoms with E-state index in [1.165, 1.54) is 7.11 Å². The molecule has 4 rings (SSSR count). The van der Waals surface area contributed by atoms with Crippen LogP contribution in [0.1, 0.15) is 71.3 Å². The van der Waals surface area contributed by atoms with Crippen molar-refractivity contribution in [3.8, 4) is 5.75 Å². The van der Waals surface area contributed by atoms with E-state index in [-0.39, 0.29) is 23.9 Å². The largest absolute Gasteiger partial charge is 0.491 e. The van der Waals surface area contributed by atoms with E-state index in [9.17, 15) is 14.4 Å². The first-order chi connectivity index (χ1) is 16.7. The van der Waals surface area contributed by atoms with Gasteiger partial charge in [0.2, 0.25) is 0 Å². The molecule has 1 heterocycles. The molecule has 0 aromatic heterocycles. The van der Waals surface area contributed by atoms with E-state index in [4.69, 9.17) is 14.2 Å². The molecule has 0 radical (unpaired) electrons. The van der Waals surface area contributed by atoms with Crippen LogP contribution in [0.3, 0.4) is 0 Å². The standard InChI is InChI=1S/C28H35NO6/c1-15(2)34-21-13-9-8-12-19(21)24-23(28(32)35-18-10-6-7-11-18)17(4)29-20-14-16(3)22(27(31)33-5)26(30)25(20)24/h8-9,12-13,15-16,18,22,24,29H,6-7,10-11,14H2,1-5H3/t16-,22+,24-/m0/s1. The topological polar surface area (TPSA) is 90.9 Å². The maximum absolute atomic E-state index is 13.9. The maximum atomic E-state index is 13.9. The van der Waals surface area contributed by atoms with Gasteiger partial charge in [-0.3, -0.25) is 9.59 Å². The van der Waals surface area contributed by atoms with Crippen molar-refractivity contribution in [3.05, 3.63) is 52.4 Å². The van der Waals surface area contributed by atoms with Crippen LogP contribution in [-0.4, -0.2) is 37.0 Å². The molecule has 7 nitrogen and oxygen atoms in total. The summed E-state index contributed by atoms with van der Waals surface area (Å²) in [6, 6.07) is 7.47. The molecule has 1 N–H and O–H groups in total. The van der Waals surface area contributed by atoms with Crippen molar-refractivity contribution in [2.24, 2.45) is 11.8 Å². The third-order valence-electron chi connectivity index (χ3n) is 7.13. The molecular weight excluding hydrogens is 446 g/mol. The highest BCUT2D eigenvalue weighted by Crippen LogP contribution is 2.48. The van der Waals surface area contributed by atoms with Crippen molar-refractivity contribution >= 4 is 17.7 Å². The smallest absolute Gasteiger partial charge is 0.337 e. The predicted octanol–water partition coefficient (Wildman–Crippen LogP) is 4.57. The summed E-state index contributed by atoms with van der Waals surface area (Å²) in [6.45, 7) is 7.58. The van der Waals surface area contributed by atoms with Crippen LogP contribution >= 0.6 is 0 Å². The molecule has 1 fully saturated rings. The van der Waals surface area contributed by atoms with Crippen molar-refractivity contribution in [2.75, 3.05) is 7.11 Å². The molecule has 0 saturated heterocycles. The zero-order valence-corrected chi connectivity index (χ0v) is 21.2. The van der Waals surface area contributed by atoms with E-state index in [0.29, 0.717) is 34.6 Å². The van der Waals surface area contributed by atoms with Gasteiger partial charge in [-0.15, -0.1) is 0 Å². The van der Waals surface area contributed by atoms with E-state index in [2.05, 4.69) is 5.32 Å². The van der Waals surface area contributed by atoms with Crippen LogP contribution in [0.15, 0.2) is 46.8 Å². The van der Waals surface area contributed by atoms with E-state index < -0.39 is 23.8 Å². The van der Waals surface area contributed by atoms with Gasteiger partial charge in [-0.2, -0.15) is 0 Å². The van der Waals surface area contributed by atoms with Crippen LogP contribution in [0.4, 0.5) is 0 Å². The fourth-order valence-corrected chi connectivity index (χ4v) is 5.56. The van der Waals surface area contributed by atoms with Gasteiger partial charge in [0, 0.05) is 22.5 Å². The second-order valence-corrected chi connectivity index (χ2v) is 10.1. The normalized spacial score (nSPS) is 24.9. The van der Waals surface area contributed by atoms with Gasteiger partial charge in [0.15, 0.2) is 5.78 Å². The van der Waals surface area contributed by atoms with Crippen LogP contribution in [0, 0.1) is 11.8 Å². The molecule has 0 unspecified atom stereocenters. The van der Waals surface area contributed by atoms with E-state index in [1.807, 2.05) is 52.0 Å². The minimum Gasteiger partial charge on any atom is -0.491 e. The second kappa shape index (κ2) is 10.3. The molecule has 1 aromatic carbocycles. The van der Waals surface area contributed by atoms with Gasteiger partial charge in [-0.05, 0) is 64.9 Å². The Bertz CT molecular complexity index is 1080. The molecule has 188 valence electrons. The summed E-state index contributed by atoms with van der Waals surface area (Å²) in [4.78, 5) is 40.1. The second-order valence-electron chi connectivity index (χ2n) is 10.1. The molecule has 1 saturated carbocycles. The van der Waals surface area contributed by atoms with Crippen molar-refractivity contribution in [1.29, 1.82) is 0 Å². The molecule has 35 heavy (non-hydrogen) atoms. The molecule has 3 aliphatic rings. The number of methoxy groups -OCH3 is 1. The molecule has 7 heteroatoms. The Morgan fingerprint density at radius 3 is 2.46 bits per heavy atom. The number of allylic oxidation sites excluding steroid dienone is 3. The van der Waals surface area contributed by atoms with Crippen molar-refractivity contribution < 1.29 is 28.6 Å². The Labute approximate surface area is 206 Å². The monoisotopic (exact) mass is 481 g/mol. The number of ketones is 1. The first kappa shape index (κ1) is 25.0. The van der Waals surface area contributed by atoms with Crippen molar-refractivity contribution in [1.82, 2.24) is 5.32 Å². The Kier molecular flexibility index (Phi) is 7.33. The average molecular weight is 482 g/mol. The number of para-hydroxylation sites is 1. The van der Waals surface area contributed by atoms with E-state index >= 15 is 0 Å². The lowest BCUT2D eigenvalue weighted by molar-refractivity contribution is -0.151. The molecule has 0 bridgehead atoms. The lowest BCUT2D eigenvalue weighted by Gasteiger charge is -2.38. The summed E-state index contributed by atoms with van der Waals surface area (Å²) < 4.78 is 17.0. The van der Waals surface area contributed by atoms with Crippen molar-refractivity contribution in [2.45, 2.75) is 77.9 Å². The third kappa shape index (κ3) is 4.86. The number of dihydropyridines is 1. The fraction of sp³-hybridized carbons (Fsp3) is 0.536. The Balaban J connectivity index is 1.85. The number of benzene rings is 1. The van der Waals surface area contributed by atoms with E-state index in [0.717, 1.165) is 31.4 Å². The first-order valence-electron chi connectivity index (χ1n) is 12.5. The maximum Gasteiger partial charge on any atom is 0.337 e. The number of esters is 2. The molecule has 3 atom stereocenters. The molecular formula is C28H35NO6. The number of rotatable bonds is 6. The number of ether oxygens (including phenoxy) is 3. The summed E-state index contributed by atoms with van der Waals surface area (Å²) in [5, 5.41) is 3.32. The van der Waals surface area contributed by atoms with Crippen LogP contribution < -0.4 is 10.1 Å². The van der Waals surface area contributed by atoms with Crippen LogP contribution in [-0.2, 0) is 23.9 Å². The lowest BCUT2D eigenvalue weighted by atomic mass is 9.69. The highest BCUT2D eigenvalue weighted by molar-refractivity contribution is 6.12.